The van der Waals surface area contributed by atoms with Crippen LogP contribution in [0.3, 0.4) is 0 Å². The molecule has 0 amide bonds. The van der Waals surface area contributed by atoms with Gasteiger partial charge in [0, 0.05) is 18.8 Å². The molecular weight excluding hydrogens is 176 g/mol. The van der Waals surface area contributed by atoms with Crippen molar-refractivity contribution in [1.82, 2.24) is 20.3 Å². The van der Waals surface area contributed by atoms with Crippen molar-refractivity contribution in [2.45, 2.75) is 38.8 Å². The highest BCUT2D eigenvalue weighted by atomic mass is 15.4. The van der Waals surface area contributed by atoms with Gasteiger partial charge in [-0.15, -0.1) is 5.10 Å². The molecule has 1 aromatic heterocycles. The Morgan fingerprint density at radius 3 is 3.00 bits per heavy atom. The maximum Gasteiger partial charge on any atom is 0.0692 e. The highest BCUT2D eigenvalue weighted by molar-refractivity contribution is 4.81. The zero-order chi connectivity index (χ0) is 9.80. The predicted molar refractivity (Wildman–Crippen MR) is 54.8 cm³/mol. The van der Waals surface area contributed by atoms with Crippen LogP contribution in [-0.2, 0) is 6.54 Å². The van der Waals surface area contributed by atoms with E-state index in [4.69, 9.17) is 0 Å². The van der Waals surface area contributed by atoms with E-state index in [-0.39, 0.29) is 0 Å². The standard InChI is InChI=1S/C10H18N4/c1-9-7-10(8-9)11-3-2-5-14-6-4-12-13-14/h4,6,9-11H,2-3,5,7-8H2,1H3. The summed E-state index contributed by atoms with van der Waals surface area (Å²) in [5.41, 5.74) is 0. The Labute approximate surface area is 84.7 Å². The third-order valence-corrected chi connectivity index (χ3v) is 2.84. The molecule has 1 aliphatic carbocycles. The molecule has 0 unspecified atom stereocenters. The van der Waals surface area contributed by atoms with Gasteiger partial charge in [-0.25, -0.2) is 0 Å². The maximum atomic E-state index is 3.92. The van der Waals surface area contributed by atoms with Crippen molar-refractivity contribution in [3.63, 3.8) is 0 Å². The van der Waals surface area contributed by atoms with Gasteiger partial charge in [0.15, 0.2) is 0 Å². The summed E-state index contributed by atoms with van der Waals surface area (Å²) < 4.78 is 1.88. The molecule has 2 rings (SSSR count). The first kappa shape index (κ1) is 9.65. The molecule has 0 aromatic carbocycles. The van der Waals surface area contributed by atoms with Gasteiger partial charge in [0.05, 0.1) is 6.20 Å². The van der Waals surface area contributed by atoms with Gasteiger partial charge in [-0.2, -0.15) is 0 Å². The molecule has 78 valence electrons. The van der Waals surface area contributed by atoms with Crippen molar-refractivity contribution in [3.05, 3.63) is 12.4 Å². The van der Waals surface area contributed by atoms with E-state index in [0.29, 0.717) is 0 Å². The summed E-state index contributed by atoms with van der Waals surface area (Å²) >= 11 is 0. The molecule has 4 nitrogen and oxygen atoms in total. The third kappa shape index (κ3) is 2.54. The molecule has 1 heterocycles. The Kier molecular flexibility index (Phi) is 3.14. The second-order valence-electron chi connectivity index (χ2n) is 4.25. The van der Waals surface area contributed by atoms with E-state index in [1.165, 1.54) is 12.8 Å². The van der Waals surface area contributed by atoms with Crippen LogP contribution in [0.15, 0.2) is 12.4 Å². The third-order valence-electron chi connectivity index (χ3n) is 2.84. The van der Waals surface area contributed by atoms with Crippen LogP contribution in [0.25, 0.3) is 0 Å². The molecule has 0 bridgehead atoms. The minimum absolute atomic E-state index is 0.778. The minimum atomic E-state index is 0.778. The van der Waals surface area contributed by atoms with Crippen molar-refractivity contribution in [1.29, 1.82) is 0 Å². The van der Waals surface area contributed by atoms with Crippen LogP contribution in [0.2, 0.25) is 0 Å². The van der Waals surface area contributed by atoms with Crippen molar-refractivity contribution in [3.8, 4) is 0 Å². The number of rotatable bonds is 5. The Balaban J connectivity index is 1.52. The molecule has 1 saturated carbocycles. The van der Waals surface area contributed by atoms with Crippen molar-refractivity contribution < 1.29 is 0 Å². The fourth-order valence-electron chi connectivity index (χ4n) is 1.97. The summed E-state index contributed by atoms with van der Waals surface area (Å²) in [6, 6.07) is 0.778. The molecule has 4 heteroatoms. The molecule has 0 atom stereocenters. The van der Waals surface area contributed by atoms with E-state index in [1.54, 1.807) is 6.20 Å². The molecule has 1 aliphatic rings. The van der Waals surface area contributed by atoms with E-state index in [9.17, 15) is 0 Å². The van der Waals surface area contributed by atoms with E-state index in [0.717, 1.165) is 31.5 Å². The first-order chi connectivity index (χ1) is 6.84. The summed E-state index contributed by atoms with van der Waals surface area (Å²) in [6.45, 7) is 4.38. The van der Waals surface area contributed by atoms with Gasteiger partial charge in [-0.05, 0) is 31.7 Å². The Bertz CT molecular complexity index is 251. The number of aromatic nitrogens is 3. The zero-order valence-corrected chi connectivity index (χ0v) is 8.69. The molecule has 0 radical (unpaired) electrons. The Morgan fingerprint density at radius 1 is 1.50 bits per heavy atom. The SMILES string of the molecule is CC1CC(NCCCn2ccnn2)C1. The molecule has 0 spiro atoms. The highest BCUT2D eigenvalue weighted by Crippen LogP contribution is 2.25. The van der Waals surface area contributed by atoms with Gasteiger partial charge in [0.25, 0.3) is 0 Å². The van der Waals surface area contributed by atoms with E-state index in [2.05, 4.69) is 22.6 Å². The van der Waals surface area contributed by atoms with Crippen LogP contribution < -0.4 is 5.32 Å². The molecule has 14 heavy (non-hydrogen) atoms. The molecule has 1 fully saturated rings. The van der Waals surface area contributed by atoms with Crippen molar-refractivity contribution >= 4 is 0 Å². The zero-order valence-electron chi connectivity index (χ0n) is 8.69. The number of hydrogen-bond donors (Lipinski definition) is 1. The summed E-state index contributed by atoms with van der Waals surface area (Å²) in [4.78, 5) is 0. The van der Waals surface area contributed by atoms with Gasteiger partial charge >= 0.3 is 0 Å². The monoisotopic (exact) mass is 194 g/mol. The minimum Gasteiger partial charge on any atom is -0.314 e. The second kappa shape index (κ2) is 4.55. The smallest absolute Gasteiger partial charge is 0.0692 e. The number of nitrogens with zero attached hydrogens (tertiary/aromatic N) is 3. The fourth-order valence-corrected chi connectivity index (χ4v) is 1.97. The molecule has 1 N–H and O–H groups in total. The first-order valence-corrected chi connectivity index (χ1v) is 5.42. The topological polar surface area (TPSA) is 42.7 Å². The lowest BCUT2D eigenvalue weighted by molar-refractivity contribution is 0.240. The summed E-state index contributed by atoms with van der Waals surface area (Å²) in [5.74, 6) is 0.933. The molecule has 0 saturated heterocycles. The van der Waals surface area contributed by atoms with E-state index >= 15 is 0 Å². The lowest BCUT2D eigenvalue weighted by atomic mass is 9.82. The van der Waals surface area contributed by atoms with E-state index < -0.39 is 0 Å². The van der Waals surface area contributed by atoms with Gasteiger partial charge in [0.2, 0.25) is 0 Å². The second-order valence-corrected chi connectivity index (χ2v) is 4.25. The lowest BCUT2D eigenvalue weighted by Gasteiger charge is -2.33. The molecular formula is C10H18N4. The summed E-state index contributed by atoms with van der Waals surface area (Å²) in [5, 5.41) is 11.2. The largest absolute Gasteiger partial charge is 0.314 e. The first-order valence-electron chi connectivity index (χ1n) is 5.42. The van der Waals surface area contributed by atoms with Crippen LogP contribution in [0.1, 0.15) is 26.2 Å². The summed E-state index contributed by atoms with van der Waals surface area (Å²) in [7, 11) is 0. The summed E-state index contributed by atoms with van der Waals surface area (Å²) in [6.07, 6.45) is 7.47. The van der Waals surface area contributed by atoms with Crippen LogP contribution in [0, 0.1) is 5.92 Å². The number of nitrogens with one attached hydrogen (secondary N) is 1. The Morgan fingerprint density at radius 2 is 2.36 bits per heavy atom. The number of aryl methyl sites for hydroxylation is 1. The average molecular weight is 194 g/mol. The predicted octanol–water partition coefficient (Wildman–Crippen LogP) is 1.06. The van der Waals surface area contributed by atoms with Gasteiger partial charge < -0.3 is 5.32 Å². The van der Waals surface area contributed by atoms with Crippen LogP contribution in [-0.4, -0.2) is 27.6 Å². The Hall–Kier alpha value is -0.900. The van der Waals surface area contributed by atoms with Crippen molar-refractivity contribution in [2.24, 2.45) is 5.92 Å². The van der Waals surface area contributed by atoms with Gasteiger partial charge in [0.1, 0.15) is 0 Å². The van der Waals surface area contributed by atoms with Gasteiger partial charge in [-0.3, -0.25) is 4.68 Å². The van der Waals surface area contributed by atoms with Crippen LogP contribution in [0.5, 0.6) is 0 Å². The fraction of sp³-hybridized carbons (Fsp3) is 0.800. The van der Waals surface area contributed by atoms with Crippen LogP contribution >= 0.6 is 0 Å². The highest BCUT2D eigenvalue weighted by Gasteiger charge is 2.23. The average Bonchev–Trinajstić information content (AvgIpc) is 2.61. The molecule has 0 aliphatic heterocycles. The van der Waals surface area contributed by atoms with Crippen LogP contribution in [0.4, 0.5) is 0 Å². The quantitative estimate of drug-likeness (QED) is 0.713. The van der Waals surface area contributed by atoms with Crippen molar-refractivity contribution in [2.75, 3.05) is 6.54 Å². The van der Waals surface area contributed by atoms with E-state index in [1.807, 2.05) is 10.9 Å². The maximum absolute atomic E-state index is 3.92. The molecule has 1 aromatic rings. The lowest BCUT2D eigenvalue weighted by Crippen LogP contribution is -2.40. The van der Waals surface area contributed by atoms with Gasteiger partial charge in [-0.1, -0.05) is 12.1 Å². The normalized spacial score (nSPS) is 26.1. The number of hydrogen-bond acceptors (Lipinski definition) is 3.